The zero-order chi connectivity index (χ0) is 24.5. The van der Waals surface area contributed by atoms with Crippen LogP contribution in [0.5, 0.6) is 11.5 Å². The Morgan fingerprint density at radius 1 is 1.09 bits per heavy atom. The first-order chi connectivity index (χ1) is 17.0. The summed E-state index contributed by atoms with van der Waals surface area (Å²) in [5.41, 5.74) is 4.32. The third kappa shape index (κ3) is 4.39. The molecule has 2 heterocycles. The highest BCUT2D eigenvalue weighted by Gasteiger charge is 2.34. The summed E-state index contributed by atoms with van der Waals surface area (Å²) in [4.78, 5) is 19.6. The maximum absolute atomic E-state index is 13.7. The molecule has 1 aromatic heterocycles. The summed E-state index contributed by atoms with van der Waals surface area (Å²) in [7, 11) is 3.12. The van der Waals surface area contributed by atoms with Gasteiger partial charge in [-0.15, -0.1) is 0 Å². The predicted octanol–water partition coefficient (Wildman–Crippen LogP) is 6.33. The van der Waals surface area contributed by atoms with Gasteiger partial charge < -0.3 is 24.1 Å². The molecule has 0 unspecified atom stereocenters. The van der Waals surface area contributed by atoms with Gasteiger partial charge in [-0.2, -0.15) is 0 Å². The quantitative estimate of drug-likeness (QED) is 0.365. The number of benzene rings is 3. The van der Waals surface area contributed by atoms with Crippen molar-refractivity contribution in [3.63, 3.8) is 0 Å². The lowest BCUT2D eigenvalue weighted by Crippen LogP contribution is -2.34. The number of nitrogens with zero attached hydrogens (tertiary/aromatic N) is 2. The van der Waals surface area contributed by atoms with Crippen molar-refractivity contribution in [2.75, 3.05) is 26.1 Å². The molecule has 2 amide bonds. The van der Waals surface area contributed by atoms with Crippen molar-refractivity contribution in [3.05, 3.63) is 71.9 Å². The van der Waals surface area contributed by atoms with Crippen molar-refractivity contribution in [3.8, 4) is 22.6 Å². The molecular weight excluding hydrogens is 449 g/mol. The molecule has 180 valence electrons. The smallest absolute Gasteiger partial charge is 0.322 e. The number of rotatable bonds is 5. The van der Waals surface area contributed by atoms with E-state index in [-0.39, 0.29) is 17.9 Å². The first-order valence-electron chi connectivity index (χ1n) is 11.4. The van der Waals surface area contributed by atoms with Gasteiger partial charge in [-0.05, 0) is 72.9 Å². The Hall–Kier alpha value is -4.07. The number of methoxy groups -OCH3 is 2. The molecule has 0 spiro atoms. The van der Waals surface area contributed by atoms with Gasteiger partial charge in [0.25, 0.3) is 0 Å². The van der Waals surface area contributed by atoms with Crippen LogP contribution in [-0.4, -0.2) is 36.7 Å². The molecule has 0 bridgehead atoms. The number of carbonyl (C=O) groups is 1. The number of carbonyl (C=O) groups excluding carboxylic acids is 1. The van der Waals surface area contributed by atoms with Gasteiger partial charge in [-0.3, -0.25) is 0 Å². The topological polar surface area (TPSA) is 76.8 Å². The van der Waals surface area contributed by atoms with Crippen LogP contribution in [0, 0.1) is 12.7 Å². The summed E-state index contributed by atoms with van der Waals surface area (Å²) in [6.07, 6.45) is 1.60. The Morgan fingerprint density at radius 2 is 1.89 bits per heavy atom. The first kappa shape index (κ1) is 22.7. The van der Waals surface area contributed by atoms with Crippen LogP contribution in [0.4, 0.5) is 14.9 Å². The summed E-state index contributed by atoms with van der Waals surface area (Å²) < 4.78 is 30.4. The second kappa shape index (κ2) is 9.29. The number of amides is 2. The Bertz CT molecular complexity index is 1400. The number of ether oxygens (including phenoxy) is 2. The molecule has 0 aliphatic carbocycles. The molecule has 35 heavy (non-hydrogen) atoms. The molecule has 3 aromatic carbocycles. The number of halogens is 1. The van der Waals surface area contributed by atoms with Gasteiger partial charge in [-0.25, -0.2) is 14.2 Å². The Labute approximate surface area is 202 Å². The minimum atomic E-state index is -0.275. The van der Waals surface area contributed by atoms with Crippen LogP contribution in [-0.2, 0) is 0 Å². The summed E-state index contributed by atoms with van der Waals surface area (Å²) in [6.45, 7) is 2.33. The van der Waals surface area contributed by atoms with E-state index in [1.807, 2.05) is 24.3 Å². The SMILES string of the molecule is COc1ccc(NC(=O)N2CCC[C@@H]2c2nc3cc(-c4ccc(F)c(C)c4)ccc3o2)c(OC)c1. The monoisotopic (exact) mass is 475 g/mol. The largest absolute Gasteiger partial charge is 0.497 e. The molecule has 4 aromatic rings. The summed E-state index contributed by atoms with van der Waals surface area (Å²) in [5.74, 6) is 1.42. The maximum atomic E-state index is 13.7. The standard InChI is InChI=1S/C27H26FN3O4/c1-16-13-17(6-9-20(16)28)18-7-11-24-22(14-18)29-26(35-24)23-5-4-12-31(23)27(32)30-21-10-8-19(33-2)15-25(21)34-3/h6-11,13-15,23H,4-5,12H2,1-3H3,(H,30,32)/t23-/m1/s1. The van der Waals surface area contributed by atoms with Gasteiger partial charge >= 0.3 is 6.03 Å². The molecule has 0 radical (unpaired) electrons. The van der Waals surface area contributed by atoms with Gasteiger partial charge in [0.15, 0.2) is 5.58 Å². The molecule has 1 aliphatic heterocycles. The highest BCUT2D eigenvalue weighted by atomic mass is 19.1. The van der Waals surface area contributed by atoms with Crippen molar-refractivity contribution in [1.29, 1.82) is 0 Å². The summed E-state index contributed by atoms with van der Waals surface area (Å²) in [6, 6.07) is 15.5. The Balaban J connectivity index is 1.39. The summed E-state index contributed by atoms with van der Waals surface area (Å²) >= 11 is 0. The van der Waals surface area contributed by atoms with Crippen LogP contribution < -0.4 is 14.8 Å². The molecule has 1 aliphatic rings. The molecule has 5 rings (SSSR count). The van der Waals surface area contributed by atoms with Crippen LogP contribution in [0.3, 0.4) is 0 Å². The predicted molar refractivity (Wildman–Crippen MR) is 131 cm³/mol. The fourth-order valence-corrected chi connectivity index (χ4v) is 4.45. The zero-order valence-electron chi connectivity index (χ0n) is 19.8. The van der Waals surface area contributed by atoms with E-state index in [2.05, 4.69) is 5.32 Å². The minimum Gasteiger partial charge on any atom is -0.497 e. The van der Waals surface area contributed by atoms with E-state index < -0.39 is 0 Å². The lowest BCUT2D eigenvalue weighted by Gasteiger charge is -2.23. The normalized spacial score (nSPS) is 15.4. The maximum Gasteiger partial charge on any atom is 0.322 e. The number of anilines is 1. The number of hydrogen-bond acceptors (Lipinski definition) is 5. The first-order valence-corrected chi connectivity index (χ1v) is 11.4. The van der Waals surface area contributed by atoms with E-state index >= 15 is 0 Å². The molecular formula is C27H26FN3O4. The molecule has 1 N–H and O–H groups in total. The average Bonchev–Trinajstić information content (AvgIpc) is 3.52. The highest BCUT2D eigenvalue weighted by molar-refractivity contribution is 5.91. The van der Waals surface area contributed by atoms with Crippen LogP contribution in [0.1, 0.15) is 30.3 Å². The fraction of sp³-hybridized carbons (Fsp3) is 0.259. The Kier molecular flexibility index (Phi) is 6.03. The zero-order valence-corrected chi connectivity index (χ0v) is 19.8. The van der Waals surface area contributed by atoms with Gasteiger partial charge in [0, 0.05) is 12.6 Å². The van der Waals surface area contributed by atoms with E-state index in [0.717, 1.165) is 24.0 Å². The van der Waals surface area contributed by atoms with Crippen LogP contribution in [0.2, 0.25) is 0 Å². The van der Waals surface area contributed by atoms with Crippen LogP contribution in [0.15, 0.2) is 59.0 Å². The van der Waals surface area contributed by atoms with Crippen molar-refractivity contribution in [2.24, 2.45) is 0 Å². The number of aromatic nitrogens is 1. The number of fused-ring (bicyclic) bond motifs is 1. The van der Waals surface area contributed by atoms with E-state index in [1.165, 1.54) is 6.07 Å². The molecule has 1 saturated heterocycles. The van der Waals surface area contributed by atoms with Gasteiger partial charge in [0.05, 0.1) is 19.9 Å². The second-order valence-electron chi connectivity index (χ2n) is 8.55. The minimum absolute atomic E-state index is 0.231. The molecule has 1 atom stereocenters. The summed E-state index contributed by atoms with van der Waals surface area (Å²) in [5, 5.41) is 2.93. The van der Waals surface area contributed by atoms with Crippen LogP contribution >= 0.6 is 0 Å². The number of hydrogen-bond donors (Lipinski definition) is 1. The van der Waals surface area contributed by atoms with E-state index in [0.29, 0.717) is 46.3 Å². The number of aryl methyl sites for hydroxylation is 1. The van der Waals surface area contributed by atoms with Gasteiger partial charge in [-0.1, -0.05) is 12.1 Å². The van der Waals surface area contributed by atoms with E-state index in [4.69, 9.17) is 18.9 Å². The molecule has 8 heteroatoms. The third-order valence-corrected chi connectivity index (χ3v) is 6.34. The van der Waals surface area contributed by atoms with Gasteiger partial charge in [0.2, 0.25) is 5.89 Å². The number of urea groups is 1. The molecule has 7 nitrogen and oxygen atoms in total. The van der Waals surface area contributed by atoms with Crippen molar-refractivity contribution in [2.45, 2.75) is 25.8 Å². The average molecular weight is 476 g/mol. The number of likely N-dealkylation sites (tertiary alicyclic amines) is 1. The molecule has 1 fully saturated rings. The van der Waals surface area contributed by atoms with Gasteiger partial charge in [0.1, 0.15) is 28.9 Å². The number of oxazole rings is 1. The lowest BCUT2D eigenvalue weighted by atomic mass is 10.0. The highest BCUT2D eigenvalue weighted by Crippen LogP contribution is 2.36. The number of nitrogens with one attached hydrogen (secondary N) is 1. The second-order valence-corrected chi connectivity index (χ2v) is 8.55. The molecule has 0 saturated carbocycles. The van der Waals surface area contributed by atoms with Crippen LogP contribution in [0.25, 0.3) is 22.2 Å². The van der Waals surface area contributed by atoms with Crippen molar-refractivity contribution < 1.29 is 23.1 Å². The Morgan fingerprint density at radius 3 is 2.66 bits per heavy atom. The lowest BCUT2D eigenvalue weighted by molar-refractivity contribution is 0.198. The van der Waals surface area contributed by atoms with E-state index in [9.17, 15) is 9.18 Å². The van der Waals surface area contributed by atoms with E-state index in [1.54, 1.807) is 50.3 Å². The van der Waals surface area contributed by atoms with Crippen molar-refractivity contribution >= 4 is 22.8 Å². The fourth-order valence-electron chi connectivity index (χ4n) is 4.45. The third-order valence-electron chi connectivity index (χ3n) is 6.34. The van der Waals surface area contributed by atoms with Crippen molar-refractivity contribution in [1.82, 2.24) is 9.88 Å².